The van der Waals surface area contributed by atoms with Crippen LogP contribution in [0.5, 0.6) is 5.75 Å². The zero-order valence-corrected chi connectivity index (χ0v) is 10.9. The van der Waals surface area contributed by atoms with Gasteiger partial charge < -0.3 is 15.2 Å². The maximum Gasteiger partial charge on any atom is 0.119 e. The summed E-state index contributed by atoms with van der Waals surface area (Å²) in [5.74, 6) is 1.89. The molecule has 0 aliphatic carbocycles. The topological polar surface area (TPSA) is 44.5 Å². The molecule has 94 valence electrons. The molecule has 1 aromatic carbocycles. The summed E-state index contributed by atoms with van der Waals surface area (Å²) in [5.41, 5.74) is 6.37. The van der Waals surface area contributed by atoms with Crippen molar-refractivity contribution < 1.29 is 9.47 Å². The molecule has 1 aromatic rings. The highest BCUT2D eigenvalue weighted by Crippen LogP contribution is 2.26. The Bertz CT molecular complexity index is 342. The predicted octanol–water partition coefficient (Wildman–Crippen LogP) is 2.56. The molecule has 0 aromatic heterocycles. The van der Waals surface area contributed by atoms with Gasteiger partial charge in [0.2, 0.25) is 0 Å². The third-order valence-corrected chi connectivity index (χ3v) is 4.32. The number of thioether (sulfide) groups is 1. The Morgan fingerprint density at radius 1 is 1.41 bits per heavy atom. The number of anilines is 1. The van der Waals surface area contributed by atoms with Crippen LogP contribution in [-0.4, -0.2) is 30.3 Å². The molecule has 1 aliphatic rings. The minimum absolute atomic E-state index is 0.386. The molecule has 2 N–H and O–H groups in total. The highest BCUT2D eigenvalue weighted by atomic mass is 32.2. The molecule has 1 fully saturated rings. The van der Waals surface area contributed by atoms with Crippen molar-refractivity contribution >= 4 is 17.4 Å². The van der Waals surface area contributed by atoms with Gasteiger partial charge in [0, 0.05) is 23.3 Å². The second-order valence-corrected chi connectivity index (χ2v) is 5.54. The van der Waals surface area contributed by atoms with Gasteiger partial charge >= 0.3 is 0 Å². The second-order valence-electron chi connectivity index (χ2n) is 4.19. The average molecular weight is 253 g/mol. The van der Waals surface area contributed by atoms with Crippen LogP contribution in [0.25, 0.3) is 0 Å². The number of rotatable bonds is 5. The molecule has 1 saturated heterocycles. The van der Waals surface area contributed by atoms with Gasteiger partial charge in [-0.15, -0.1) is 0 Å². The van der Waals surface area contributed by atoms with Gasteiger partial charge in [-0.2, -0.15) is 11.8 Å². The summed E-state index contributed by atoms with van der Waals surface area (Å²) >= 11 is 1.94. The average Bonchev–Trinajstić information content (AvgIpc) is 2.73. The molecule has 17 heavy (non-hydrogen) atoms. The van der Waals surface area contributed by atoms with E-state index < -0.39 is 0 Å². The molecule has 1 heterocycles. The van der Waals surface area contributed by atoms with Crippen molar-refractivity contribution in [1.29, 1.82) is 0 Å². The molecule has 0 saturated carbocycles. The molecule has 0 bridgehead atoms. The number of ether oxygens (including phenoxy) is 2. The quantitative estimate of drug-likeness (QED) is 0.647. The number of hydrogen-bond donors (Lipinski definition) is 1. The zero-order valence-electron chi connectivity index (χ0n) is 10.1. The van der Waals surface area contributed by atoms with Gasteiger partial charge in [-0.1, -0.05) is 0 Å². The lowest BCUT2D eigenvalue weighted by atomic mass is 10.3. The Morgan fingerprint density at radius 3 is 2.82 bits per heavy atom. The Balaban J connectivity index is 1.64. The molecular formula is C13H19NO2S. The highest BCUT2D eigenvalue weighted by molar-refractivity contribution is 8.00. The first-order valence-corrected chi connectivity index (χ1v) is 7.02. The molecule has 1 aliphatic heterocycles. The largest absolute Gasteiger partial charge is 0.493 e. The van der Waals surface area contributed by atoms with Crippen LogP contribution in [0.15, 0.2) is 24.3 Å². The summed E-state index contributed by atoms with van der Waals surface area (Å²) in [6, 6.07) is 7.52. The van der Waals surface area contributed by atoms with Gasteiger partial charge in [-0.3, -0.25) is 0 Å². The van der Waals surface area contributed by atoms with Gasteiger partial charge in [-0.05, 0) is 37.6 Å². The van der Waals surface area contributed by atoms with E-state index >= 15 is 0 Å². The fourth-order valence-electron chi connectivity index (χ4n) is 1.85. The number of nitrogen functional groups attached to an aromatic ring is 1. The molecule has 2 unspecified atom stereocenters. The van der Waals surface area contributed by atoms with Crippen molar-refractivity contribution in [3.8, 4) is 5.75 Å². The van der Waals surface area contributed by atoms with Crippen molar-refractivity contribution in [2.24, 2.45) is 0 Å². The van der Waals surface area contributed by atoms with E-state index in [4.69, 9.17) is 15.2 Å². The van der Waals surface area contributed by atoms with Crippen LogP contribution in [0, 0.1) is 0 Å². The van der Waals surface area contributed by atoms with E-state index in [-0.39, 0.29) is 0 Å². The van der Waals surface area contributed by atoms with Gasteiger partial charge in [0.05, 0.1) is 12.7 Å². The number of benzene rings is 1. The van der Waals surface area contributed by atoms with Crippen LogP contribution in [-0.2, 0) is 4.74 Å². The van der Waals surface area contributed by atoms with Crippen molar-refractivity contribution in [3.05, 3.63) is 24.3 Å². The SMILES string of the molecule is CC1OCCC1SCCOc1ccc(N)cc1. The van der Waals surface area contributed by atoms with Crippen LogP contribution in [0.1, 0.15) is 13.3 Å². The fraction of sp³-hybridized carbons (Fsp3) is 0.538. The standard InChI is InChI=1S/C13H19NO2S/c1-10-13(6-7-15-10)17-9-8-16-12-4-2-11(14)3-5-12/h2-5,10,13H,6-9,14H2,1H3. The van der Waals surface area contributed by atoms with Gasteiger partial charge in [-0.25, -0.2) is 0 Å². The summed E-state index contributed by atoms with van der Waals surface area (Å²) in [6.07, 6.45) is 1.55. The Morgan fingerprint density at radius 2 is 2.18 bits per heavy atom. The first-order valence-electron chi connectivity index (χ1n) is 5.97. The lowest BCUT2D eigenvalue weighted by Crippen LogP contribution is -2.15. The van der Waals surface area contributed by atoms with E-state index in [1.807, 2.05) is 36.0 Å². The molecule has 2 rings (SSSR count). The smallest absolute Gasteiger partial charge is 0.119 e. The van der Waals surface area contributed by atoms with Gasteiger partial charge in [0.25, 0.3) is 0 Å². The first-order chi connectivity index (χ1) is 8.25. The monoisotopic (exact) mass is 253 g/mol. The Labute approximate surface area is 107 Å². The van der Waals surface area contributed by atoms with Crippen LogP contribution in [0.4, 0.5) is 5.69 Å². The maximum absolute atomic E-state index is 5.64. The molecule has 3 nitrogen and oxygen atoms in total. The summed E-state index contributed by atoms with van der Waals surface area (Å²) in [5, 5.41) is 0.630. The van der Waals surface area contributed by atoms with Crippen molar-refractivity contribution in [3.63, 3.8) is 0 Å². The maximum atomic E-state index is 5.64. The van der Waals surface area contributed by atoms with E-state index in [0.29, 0.717) is 11.4 Å². The third kappa shape index (κ3) is 3.82. The van der Waals surface area contributed by atoms with Gasteiger partial charge in [0.15, 0.2) is 0 Å². The number of nitrogens with two attached hydrogens (primary N) is 1. The van der Waals surface area contributed by atoms with Crippen molar-refractivity contribution in [2.75, 3.05) is 24.7 Å². The van der Waals surface area contributed by atoms with E-state index in [9.17, 15) is 0 Å². The molecule has 0 spiro atoms. The van der Waals surface area contributed by atoms with E-state index in [1.165, 1.54) is 0 Å². The minimum atomic E-state index is 0.386. The molecule has 0 radical (unpaired) electrons. The summed E-state index contributed by atoms with van der Waals surface area (Å²) in [7, 11) is 0. The van der Waals surface area contributed by atoms with Crippen molar-refractivity contribution in [2.45, 2.75) is 24.7 Å². The van der Waals surface area contributed by atoms with Crippen LogP contribution in [0.3, 0.4) is 0 Å². The van der Waals surface area contributed by atoms with E-state index in [0.717, 1.165) is 36.8 Å². The van der Waals surface area contributed by atoms with Crippen LogP contribution in [0.2, 0.25) is 0 Å². The number of hydrogen-bond acceptors (Lipinski definition) is 4. The Hall–Kier alpha value is -0.870. The molecule has 4 heteroatoms. The predicted molar refractivity (Wildman–Crippen MR) is 72.6 cm³/mol. The Kier molecular flexibility index (Phi) is 4.57. The lowest BCUT2D eigenvalue weighted by molar-refractivity contribution is 0.127. The summed E-state index contributed by atoms with van der Waals surface area (Å²) in [4.78, 5) is 0. The lowest BCUT2D eigenvalue weighted by Gasteiger charge is -2.13. The summed E-state index contributed by atoms with van der Waals surface area (Å²) < 4.78 is 11.2. The van der Waals surface area contributed by atoms with Crippen LogP contribution >= 0.6 is 11.8 Å². The normalized spacial score (nSPS) is 23.8. The third-order valence-electron chi connectivity index (χ3n) is 2.87. The van der Waals surface area contributed by atoms with Gasteiger partial charge in [0.1, 0.15) is 5.75 Å². The zero-order chi connectivity index (χ0) is 12.1. The second kappa shape index (κ2) is 6.17. The summed E-state index contributed by atoms with van der Waals surface area (Å²) in [6.45, 7) is 3.78. The fourth-order valence-corrected chi connectivity index (χ4v) is 2.95. The molecule has 2 atom stereocenters. The minimum Gasteiger partial charge on any atom is -0.493 e. The molecule has 0 amide bonds. The van der Waals surface area contributed by atoms with E-state index in [1.54, 1.807) is 0 Å². The first kappa shape index (κ1) is 12.6. The highest BCUT2D eigenvalue weighted by Gasteiger charge is 2.23. The molecular weight excluding hydrogens is 234 g/mol. The van der Waals surface area contributed by atoms with Crippen LogP contribution < -0.4 is 10.5 Å². The van der Waals surface area contributed by atoms with E-state index in [2.05, 4.69) is 6.92 Å². The van der Waals surface area contributed by atoms with Crippen molar-refractivity contribution in [1.82, 2.24) is 0 Å².